The van der Waals surface area contributed by atoms with Gasteiger partial charge in [0.25, 0.3) is 5.91 Å². The van der Waals surface area contributed by atoms with Crippen molar-refractivity contribution >= 4 is 29.1 Å². The number of hydrogen-bond acceptors (Lipinski definition) is 5. The van der Waals surface area contributed by atoms with Crippen LogP contribution < -0.4 is 25.8 Å². The molecule has 39 heavy (non-hydrogen) atoms. The Morgan fingerprint density at radius 2 is 1.79 bits per heavy atom. The van der Waals surface area contributed by atoms with Gasteiger partial charge < -0.3 is 25.8 Å². The van der Waals surface area contributed by atoms with Crippen molar-refractivity contribution in [3.63, 3.8) is 0 Å². The number of anilines is 2. The van der Waals surface area contributed by atoms with Gasteiger partial charge >= 0.3 is 6.18 Å². The Balaban J connectivity index is 1.32. The fourth-order valence-corrected chi connectivity index (χ4v) is 5.45. The number of alkyl halides is 3. The molecule has 0 saturated carbocycles. The number of benzene rings is 2. The fourth-order valence-electron chi connectivity index (χ4n) is 5.45. The summed E-state index contributed by atoms with van der Waals surface area (Å²) in [7, 11) is 1.74. The average molecular weight is 546 g/mol. The lowest BCUT2D eigenvalue weighted by molar-refractivity contribution is -0.137. The van der Waals surface area contributed by atoms with Crippen LogP contribution in [0.3, 0.4) is 0 Å². The molecule has 2 fully saturated rings. The van der Waals surface area contributed by atoms with Crippen LogP contribution in [0.1, 0.15) is 42.1 Å². The first-order valence-electron chi connectivity index (χ1n) is 13.0. The van der Waals surface area contributed by atoms with Crippen molar-refractivity contribution < 1.29 is 27.6 Å². The van der Waals surface area contributed by atoms with Gasteiger partial charge in [0.1, 0.15) is 0 Å². The molecule has 210 valence electrons. The predicted molar refractivity (Wildman–Crippen MR) is 143 cm³/mol. The first-order valence-corrected chi connectivity index (χ1v) is 13.0. The summed E-state index contributed by atoms with van der Waals surface area (Å²) in [6, 6.07) is 12.0. The van der Waals surface area contributed by atoms with Gasteiger partial charge in [-0.2, -0.15) is 13.2 Å². The van der Waals surface area contributed by atoms with E-state index in [2.05, 4.69) is 20.9 Å². The van der Waals surface area contributed by atoms with Crippen LogP contribution >= 0.6 is 0 Å². The van der Waals surface area contributed by atoms with E-state index in [9.17, 15) is 27.6 Å². The molecule has 4 rings (SSSR count). The monoisotopic (exact) mass is 545 g/mol. The number of halogens is 3. The third kappa shape index (κ3) is 6.70. The number of hydrogen-bond donors (Lipinski definition) is 3. The maximum atomic E-state index is 13.0. The average Bonchev–Trinajstić information content (AvgIpc) is 3.40. The molecule has 0 bridgehead atoms. The van der Waals surface area contributed by atoms with Crippen LogP contribution in [0.5, 0.6) is 0 Å². The van der Waals surface area contributed by atoms with E-state index < -0.39 is 23.2 Å². The van der Waals surface area contributed by atoms with Crippen LogP contribution in [-0.4, -0.2) is 63.0 Å². The quantitative estimate of drug-likeness (QED) is 0.497. The summed E-state index contributed by atoms with van der Waals surface area (Å²) in [5, 5.41) is 8.93. The zero-order valence-corrected chi connectivity index (χ0v) is 22.1. The molecule has 8 nitrogen and oxygen atoms in total. The zero-order valence-electron chi connectivity index (χ0n) is 22.1. The number of nitrogens with zero attached hydrogens (tertiary/aromatic N) is 2. The van der Waals surface area contributed by atoms with E-state index in [-0.39, 0.29) is 29.8 Å². The first-order chi connectivity index (χ1) is 18.5. The van der Waals surface area contributed by atoms with Crippen LogP contribution in [0, 0.1) is 5.92 Å². The van der Waals surface area contributed by atoms with Crippen LogP contribution in [0.15, 0.2) is 48.5 Å². The molecular weight excluding hydrogens is 511 g/mol. The highest BCUT2D eigenvalue weighted by molar-refractivity contribution is 5.96. The van der Waals surface area contributed by atoms with Crippen molar-refractivity contribution in [2.75, 3.05) is 49.6 Å². The van der Waals surface area contributed by atoms with Gasteiger partial charge in [0.15, 0.2) is 0 Å². The van der Waals surface area contributed by atoms with E-state index in [1.807, 2.05) is 24.3 Å². The molecule has 2 aliphatic heterocycles. The van der Waals surface area contributed by atoms with E-state index in [0.29, 0.717) is 6.54 Å². The molecule has 0 aromatic heterocycles. The normalized spacial score (nSPS) is 20.0. The number of carbonyl (C=O) groups excluding carboxylic acids is 3. The molecule has 2 heterocycles. The Hall–Kier alpha value is -3.60. The highest BCUT2D eigenvalue weighted by Crippen LogP contribution is 2.35. The minimum absolute atomic E-state index is 0.0312. The zero-order chi connectivity index (χ0) is 28.2. The number of rotatable bonds is 7. The Morgan fingerprint density at radius 3 is 2.38 bits per heavy atom. The standard InChI is InChI=1S/C28H34F3N5O3/c1-19(37)35(2)23-6-8-24(9-7-23)36-14-10-21(11-15-36)27(12-13-32-18-27)34-25(38)17-33-26(39)20-4-3-5-22(16-20)28(29,30)31/h3-9,16,21,32H,10-15,17-18H2,1-2H3,(H,33,39)(H,34,38)/t27-/m0/s1. The van der Waals surface area contributed by atoms with Crippen molar-refractivity contribution in [2.24, 2.45) is 5.92 Å². The topological polar surface area (TPSA) is 93.8 Å². The highest BCUT2D eigenvalue weighted by Gasteiger charge is 2.43. The molecule has 0 radical (unpaired) electrons. The van der Waals surface area contributed by atoms with E-state index in [0.717, 1.165) is 62.4 Å². The lowest BCUT2D eigenvalue weighted by Gasteiger charge is -2.43. The van der Waals surface area contributed by atoms with E-state index in [1.54, 1.807) is 11.9 Å². The van der Waals surface area contributed by atoms with Gasteiger partial charge in [0, 0.05) is 50.5 Å². The van der Waals surface area contributed by atoms with Crippen molar-refractivity contribution in [2.45, 2.75) is 37.9 Å². The third-order valence-corrected chi connectivity index (χ3v) is 7.79. The molecule has 2 aromatic rings. The predicted octanol–water partition coefficient (Wildman–Crippen LogP) is 3.18. The van der Waals surface area contributed by atoms with Crippen LogP contribution in [0.25, 0.3) is 0 Å². The number of carbonyl (C=O) groups is 3. The van der Waals surface area contributed by atoms with Crippen LogP contribution in [0.2, 0.25) is 0 Å². The maximum absolute atomic E-state index is 13.0. The first kappa shape index (κ1) is 28.4. The number of nitrogens with one attached hydrogen (secondary N) is 3. The van der Waals surface area contributed by atoms with Crippen molar-refractivity contribution in [3.8, 4) is 0 Å². The Kier molecular flexibility index (Phi) is 8.48. The second kappa shape index (κ2) is 11.6. The third-order valence-electron chi connectivity index (χ3n) is 7.79. The largest absolute Gasteiger partial charge is 0.416 e. The molecule has 1 atom stereocenters. The second-order valence-corrected chi connectivity index (χ2v) is 10.2. The molecule has 3 N–H and O–H groups in total. The minimum Gasteiger partial charge on any atom is -0.372 e. The van der Waals surface area contributed by atoms with Gasteiger partial charge in [-0.1, -0.05) is 6.07 Å². The van der Waals surface area contributed by atoms with E-state index in [4.69, 9.17) is 0 Å². The summed E-state index contributed by atoms with van der Waals surface area (Å²) < 4.78 is 38.9. The van der Waals surface area contributed by atoms with Crippen LogP contribution in [-0.2, 0) is 15.8 Å². The van der Waals surface area contributed by atoms with Gasteiger partial charge in [-0.3, -0.25) is 14.4 Å². The molecule has 0 aliphatic carbocycles. The van der Waals surface area contributed by atoms with Gasteiger partial charge in [-0.25, -0.2) is 0 Å². The fraction of sp³-hybridized carbons (Fsp3) is 0.464. The summed E-state index contributed by atoms with van der Waals surface area (Å²) in [5.74, 6) is -0.901. The summed E-state index contributed by atoms with van der Waals surface area (Å²) in [5.41, 5.74) is 0.400. The summed E-state index contributed by atoms with van der Waals surface area (Å²) in [6.45, 7) is 4.22. The van der Waals surface area contributed by atoms with Crippen LogP contribution in [0.4, 0.5) is 24.5 Å². The van der Waals surface area contributed by atoms with Crippen molar-refractivity contribution in [1.82, 2.24) is 16.0 Å². The lowest BCUT2D eigenvalue weighted by atomic mass is 9.76. The van der Waals surface area contributed by atoms with E-state index >= 15 is 0 Å². The smallest absolute Gasteiger partial charge is 0.372 e. The molecule has 0 spiro atoms. The molecule has 0 unspecified atom stereocenters. The summed E-state index contributed by atoms with van der Waals surface area (Å²) >= 11 is 0. The molecule has 3 amide bonds. The highest BCUT2D eigenvalue weighted by atomic mass is 19.4. The second-order valence-electron chi connectivity index (χ2n) is 10.2. The number of piperidine rings is 1. The molecular formula is C28H34F3N5O3. The van der Waals surface area contributed by atoms with E-state index in [1.165, 1.54) is 19.1 Å². The minimum atomic E-state index is -4.55. The maximum Gasteiger partial charge on any atom is 0.416 e. The van der Waals surface area contributed by atoms with Gasteiger partial charge in [0.2, 0.25) is 11.8 Å². The van der Waals surface area contributed by atoms with Gasteiger partial charge in [-0.05, 0) is 74.2 Å². The Labute approximate surface area is 225 Å². The lowest BCUT2D eigenvalue weighted by Crippen LogP contribution is -2.59. The van der Waals surface area contributed by atoms with Gasteiger partial charge in [-0.15, -0.1) is 0 Å². The Bertz CT molecular complexity index is 1190. The summed E-state index contributed by atoms with van der Waals surface area (Å²) in [4.78, 5) is 40.8. The van der Waals surface area contributed by atoms with Gasteiger partial charge in [0.05, 0.1) is 17.6 Å². The Morgan fingerprint density at radius 1 is 1.10 bits per heavy atom. The summed E-state index contributed by atoms with van der Waals surface area (Å²) in [6.07, 6.45) is -2.06. The molecule has 11 heteroatoms. The molecule has 2 aliphatic rings. The van der Waals surface area contributed by atoms with Crippen molar-refractivity contribution in [1.29, 1.82) is 0 Å². The SMILES string of the molecule is CC(=O)N(C)c1ccc(N2CCC([C@]3(NC(=O)CNC(=O)c4cccc(C(F)(F)F)c4)CCNC3)CC2)cc1. The molecule has 2 saturated heterocycles. The molecule has 2 aromatic carbocycles. The van der Waals surface area contributed by atoms with Crippen molar-refractivity contribution in [3.05, 3.63) is 59.7 Å². The number of amides is 3.